The highest BCUT2D eigenvalue weighted by atomic mass is 16.1. The van der Waals surface area contributed by atoms with Crippen LogP contribution in [0.15, 0.2) is 29.1 Å². The van der Waals surface area contributed by atoms with Crippen LogP contribution < -0.4 is 5.43 Å². The first-order valence-corrected chi connectivity index (χ1v) is 4.19. The minimum absolute atomic E-state index is 0.214. The van der Waals surface area contributed by atoms with Gasteiger partial charge in [0.25, 0.3) is 0 Å². The van der Waals surface area contributed by atoms with Crippen molar-refractivity contribution in [3.05, 3.63) is 45.6 Å². The normalized spacial score (nSPS) is 9.69. The molecule has 0 aromatic heterocycles. The molecule has 66 valence electrons. The van der Waals surface area contributed by atoms with Gasteiger partial charge in [-0.1, -0.05) is 26.0 Å². The molecular formula is C11H11NO. The van der Waals surface area contributed by atoms with Crippen LogP contribution in [0.4, 0.5) is 0 Å². The molecule has 0 saturated carbocycles. The summed E-state index contributed by atoms with van der Waals surface area (Å²) in [5, 5.41) is 8.69. The molecule has 0 aliphatic carbocycles. The summed E-state index contributed by atoms with van der Waals surface area (Å²) in [4.78, 5) is 11.2. The predicted octanol–water partition coefficient (Wildman–Crippen LogP) is 2.04. The van der Waals surface area contributed by atoms with E-state index in [4.69, 9.17) is 5.26 Å². The highest BCUT2D eigenvalue weighted by molar-refractivity contribution is 5.32. The highest BCUT2D eigenvalue weighted by Gasteiger charge is 2.00. The third-order valence-corrected chi connectivity index (χ3v) is 1.90. The molecule has 1 aromatic carbocycles. The van der Waals surface area contributed by atoms with Gasteiger partial charge in [0.1, 0.15) is 6.07 Å². The van der Waals surface area contributed by atoms with Crippen LogP contribution in [0, 0.1) is 11.3 Å². The van der Waals surface area contributed by atoms with Crippen LogP contribution in [0.5, 0.6) is 0 Å². The molecule has 0 amide bonds. The Labute approximate surface area is 77.5 Å². The Bertz CT molecular complexity index is 402. The van der Waals surface area contributed by atoms with Crippen molar-refractivity contribution in [3.8, 4) is 6.07 Å². The molecule has 13 heavy (non-hydrogen) atoms. The molecule has 1 rings (SSSR count). The number of nitriles is 1. The minimum atomic E-state index is -0.214. The zero-order chi connectivity index (χ0) is 9.84. The lowest BCUT2D eigenvalue weighted by atomic mass is 10.0. The molecule has 0 fully saturated rings. The fourth-order valence-corrected chi connectivity index (χ4v) is 1.07. The Morgan fingerprint density at radius 2 is 2.08 bits per heavy atom. The Balaban J connectivity index is 3.42. The van der Waals surface area contributed by atoms with E-state index in [0.29, 0.717) is 5.92 Å². The van der Waals surface area contributed by atoms with E-state index in [-0.39, 0.29) is 11.0 Å². The van der Waals surface area contributed by atoms with Gasteiger partial charge in [-0.25, -0.2) is 0 Å². The van der Waals surface area contributed by atoms with E-state index in [2.05, 4.69) is 0 Å². The second kappa shape index (κ2) is 3.86. The van der Waals surface area contributed by atoms with Crippen LogP contribution in [0.3, 0.4) is 0 Å². The van der Waals surface area contributed by atoms with Crippen LogP contribution >= 0.6 is 0 Å². The van der Waals surface area contributed by atoms with E-state index in [1.807, 2.05) is 26.0 Å². The lowest BCUT2D eigenvalue weighted by molar-refractivity contribution is 0.868. The number of nitrogens with zero attached hydrogens (tertiary/aromatic N) is 1. The molecule has 1 aromatic rings. The van der Waals surface area contributed by atoms with Crippen molar-refractivity contribution in [3.63, 3.8) is 0 Å². The maximum atomic E-state index is 11.2. The largest absolute Gasteiger partial charge is 0.288 e. The van der Waals surface area contributed by atoms with Crippen molar-refractivity contribution in [2.24, 2.45) is 0 Å². The fraction of sp³-hybridized carbons (Fsp3) is 0.273. The van der Waals surface area contributed by atoms with Crippen LogP contribution in [0.2, 0.25) is 0 Å². The molecule has 0 unspecified atom stereocenters. The molecule has 0 spiro atoms. The number of hydrogen-bond acceptors (Lipinski definition) is 2. The summed E-state index contributed by atoms with van der Waals surface area (Å²) in [6.07, 6.45) is 0. The van der Waals surface area contributed by atoms with Crippen LogP contribution in [0.25, 0.3) is 0 Å². The summed E-state index contributed by atoms with van der Waals surface area (Å²) in [6, 6.07) is 8.54. The second-order valence-corrected chi connectivity index (χ2v) is 3.21. The van der Waals surface area contributed by atoms with Gasteiger partial charge in [-0.15, -0.1) is 0 Å². The topological polar surface area (TPSA) is 40.9 Å². The predicted molar refractivity (Wildman–Crippen MR) is 51.5 cm³/mol. The van der Waals surface area contributed by atoms with Crippen LogP contribution in [-0.2, 0) is 0 Å². The van der Waals surface area contributed by atoms with Gasteiger partial charge in [0.2, 0.25) is 0 Å². The van der Waals surface area contributed by atoms with E-state index >= 15 is 0 Å². The highest BCUT2D eigenvalue weighted by Crippen LogP contribution is 2.12. The van der Waals surface area contributed by atoms with Gasteiger partial charge >= 0.3 is 0 Å². The van der Waals surface area contributed by atoms with E-state index in [0.717, 1.165) is 5.56 Å². The molecule has 0 atom stereocenters. The maximum absolute atomic E-state index is 11.2. The van der Waals surface area contributed by atoms with E-state index in [1.165, 1.54) is 6.07 Å². The summed E-state index contributed by atoms with van der Waals surface area (Å²) >= 11 is 0. The van der Waals surface area contributed by atoms with Crippen LogP contribution in [0.1, 0.15) is 30.9 Å². The zero-order valence-electron chi connectivity index (χ0n) is 7.74. The van der Waals surface area contributed by atoms with E-state index in [9.17, 15) is 4.79 Å². The Morgan fingerprint density at radius 1 is 1.38 bits per heavy atom. The maximum Gasteiger partial charge on any atom is 0.196 e. The average molecular weight is 173 g/mol. The lowest BCUT2D eigenvalue weighted by Gasteiger charge is -2.00. The first-order chi connectivity index (χ1) is 6.15. The van der Waals surface area contributed by atoms with Crippen molar-refractivity contribution in [2.45, 2.75) is 19.8 Å². The fourth-order valence-electron chi connectivity index (χ4n) is 1.07. The molecule has 0 N–H and O–H groups in total. The zero-order valence-corrected chi connectivity index (χ0v) is 7.74. The summed E-state index contributed by atoms with van der Waals surface area (Å²) in [6.45, 7) is 4.06. The average Bonchev–Trinajstić information content (AvgIpc) is 2.27. The first-order valence-electron chi connectivity index (χ1n) is 4.19. The molecule has 2 nitrogen and oxygen atoms in total. The monoisotopic (exact) mass is 173 g/mol. The molecular weight excluding hydrogens is 162 g/mol. The SMILES string of the molecule is CC(C)c1cccc(=O)c(C#N)c1. The quantitative estimate of drug-likeness (QED) is 0.652. The summed E-state index contributed by atoms with van der Waals surface area (Å²) < 4.78 is 0. The molecule has 0 aliphatic heterocycles. The van der Waals surface area contributed by atoms with Gasteiger partial charge in [-0.05, 0) is 23.6 Å². The Morgan fingerprint density at radius 3 is 2.62 bits per heavy atom. The standard InChI is InChI=1S/C11H11NO/c1-8(2)9-4-3-5-11(13)10(6-9)7-12/h3-6,8H,1-2H3. The van der Waals surface area contributed by atoms with Gasteiger partial charge in [-0.2, -0.15) is 5.26 Å². The molecule has 0 saturated heterocycles. The van der Waals surface area contributed by atoms with E-state index in [1.54, 1.807) is 12.1 Å². The van der Waals surface area contributed by atoms with Crippen molar-refractivity contribution >= 4 is 0 Å². The molecule has 0 aliphatic rings. The Kier molecular flexibility index (Phi) is 2.81. The molecule has 2 heteroatoms. The van der Waals surface area contributed by atoms with Gasteiger partial charge in [0.05, 0.1) is 5.56 Å². The number of hydrogen-bond donors (Lipinski definition) is 0. The van der Waals surface area contributed by atoms with Crippen LogP contribution in [-0.4, -0.2) is 0 Å². The smallest absolute Gasteiger partial charge is 0.196 e. The van der Waals surface area contributed by atoms with Gasteiger partial charge in [0.15, 0.2) is 5.43 Å². The van der Waals surface area contributed by atoms with Crippen molar-refractivity contribution in [1.82, 2.24) is 0 Å². The van der Waals surface area contributed by atoms with Crippen molar-refractivity contribution in [2.75, 3.05) is 0 Å². The third-order valence-electron chi connectivity index (χ3n) is 1.90. The van der Waals surface area contributed by atoms with Gasteiger partial charge in [0, 0.05) is 0 Å². The molecule has 0 radical (unpaired) electrons. The Hall–Kier alpha value is -1.62. The molecule has 0 bridgehead atoms. The third kappa shape index (κ3) is 2.16. The molecule has 0 heterocycles. The second-order valence-electron chi connectivity index (χ2n) is 3.21. The van der Waals surface area contributed by atoms with Gasteiger partial charge < -0.3 is 0 Å². The number of rotatable bonds is 1. The lowest BCUT2D eigenvalue weighted by Crippen LogP contribution is -1.99. The van der Waals surface area contributed by atoms with E-state index < -0.39 is 0 Å². The minimum Gasteiger partial charge on any atom is -0.288 e. The van der Waals surface area contributed by atoms with Gasteiger partial charge in [-0.3, -0.25) is 4.79 Å². The first kappa shape index (κ1) is 9.47. The van der Waals surface area contributed by atoms with Crippen molar-refractivity contribution in [1.29, 1.82) is 5.26 Å². The van der Waals surface area contributed by atoms with Crippen molar-refractivity contribution < 1.29 is 0 Å². The summed E-state index contributed by atoms with van der Waals surface area (Å²) in [7, 11) is 0. The summed E-state index contributed by atoms with van der Waals surface area (Å²) in [5.74, 6) is 0.332. The summed E-state index contributed by atoms with van der Waals surface area (Å²) in [5.41, 5.74) is 1.02.